The minimum absolute atomic E-state index is 0.182. The molecule has 27 heavy (non-hydrogen) atoms. The van der Waals surface area contributed by atoms with E-state index in [1.165, 1.54) is 11.4 Å². The van der Waals surface area contributed by atoms with Crippen LogP contribution < -0.4 is 14.4 Å². The summed E-state index contributed by atoms with van der Waals surface area (Å²) in [5, 5.41) is 3.35. The van der Waals surface area contributed by atoms with Crippen molar-refractivity contribution in [2.24, 2.45) is 0 Å². The van der Waals surface area contributed by atoms with Crippen molar-refractivity contribution in [1.82, 2.24) is 0 Å². The summed E-state index contributed by atoms with van der Waals surface area (Å²) < 4.78 is 30.7. The lowest BCUT2D eigenvalue weighted by Crippen LogP contribution is -2.31. The molecule has 1 N–H and O–H groups in total. The van der Waals surface area contributed by atoms with Crippen molar-refractivity contribution in [3.63, 3.8) is 0 Å². The number of amides is 1. The first-order valence-corrected chi connectivity index (χ1v) is 10.6. The molecule has 0 aliphatic heterocycles. The third-order valence-corrected chi connectivity index (χ3v) is 5.41. The first-order chi connectivity index (χ1) is 12.7. The second kappa shape index (κ2) is 9.10. The normalized spacial score (nSPS) is 11.1. The molecule has 2 aromatic rings. The van der Waals surface area contributed by atoms with E-state index in [4.69, 9.17) is 16.3 Å². The van der Waals surface area contributed by atoms with Crippen molar-refractivity contribution >= 4 is 38.9 Å². The van der Waals surface area contributed by atoms with Crippen molar-refractivity contribution in [3.8, 4) is 5.75 Å². The van der Waals surface area contributed by atoms with Crippen LogP contribution in [-0.4, -0.2) is 34.2 Å². The molecule has 8 heteroatoms. The maximum Gasteiger partial charge on any atom is 0.232 e. The highest BCUT2D eigenvalue weighted by Crippen LogP contribution is 2.24. The van der Waals surface area contributed by atoms with Crippen molar-refractivity contribution in [1.29, 1.82) is 0 Å². The van der Waals surface area contributed by atoms with Crippen LogP contribution in [0.5, 0.6) is 5.75 Å². The number of hydrogen-bond donors (Lipinski definition) is 1. The average molecular weight is 411 g/mol. The van der Waals surface area contributed by atoms with E-state index in [1.807, 2.05) is 13.0 Å². The lowest BCUT2D eigenvalue weighted by Gasteiger charge is -2.22. The Morgan fingerprint density at radius 3 is 2.63 bits per heavy atom. The lowest BCUT2D eigenvalue weighted by molar-refractivity contribution is -0.116. The molecule has 0 radical (unpaired) electrons. The standard InChI is InChI=1S/C19H23ClN2O4S/c1-14-9-10-15(20)12-18(14)21-19(23)8-5-11-22(27(3,24)25)16-6-4-7-17(13-16)26-2/h4,6-7,9-10,12-13H,5,8,11H2,1-3H3,(H,21,23). The minimum Gasteiger partial charge on any atom is -0.497 e. The van der Waals surface area contributed by atoms with Crippen molar-refractivity contribution < 1.29 is 17.9 Å². The third kappa shape index (κ3) is 6.15. The van der Waals surface area contributed by atoms with Crippen LogP contribution in [-0.2, 0) is 14.8 Å². The highest BCUT2D eigenvalue weighted by atomic mass is 35.5. The molecular formula is C19H23ClN2O4S. The summed E-state index contributed by atoms with van der Waals surface area (Å²) >= 11 is 5.95. The third-order valence-electron chi connectivity index (χ3n) is 3.98. The fourth-order valence-corrected chi connectivity index (χ4v) is 3.71. The molecule has 1 amide bonds. The molecule has 0 aliphatic rings. The van der Waals surface area contributed by atoms with Crippen molar-refractivity contribution in [2.75, 3.05) is 29.5 Å². The summed E-state index contributed by atoms with van der Waals surface area (Å²) in [5.74, 6) is 0.370. The zero-order valence-corrected chi connectivity index (χ0v) is 17.1. The van der Waals surface area contributed by atoms with Crippen LogP contribution in [0.4, 0.5) is 11.4 Å². The number of methoxy groups -OCH3 is 1. The Balaban J connectivity index is 2.01. The van der Waals surface area contributed by atoms with Gasteiger partial charge < -0.3 is 10.1 Å². The SMILES string of the molecule is COc1cccc(N(CCCC(=O)Nc2cc(Cl)ccc2C)S(C)(=O)=O)c1. The molecule has 6 nitrogen and oxygen atoms in total. The van der Waals surface area contributed by atoms with Gasteiger partial charge in [0.2, 0.25) is 15.9 Å². The van der Waals surface area contributed by atoms with Gasteiger partial charge in [-0.2, -0.15) is 0 Å². The average Bonchev–Trinajstić information content (AvgIpc) is 2.61. The molecule has 0 spiro atoms. The zero-order valence-electron chi connectivity index (χ0n) is 15.5. The Morgan fingerprint density at radius 1 is 1.22 bits per heavy atom. The number of carbonyl (C=O) groups is 1. The van der Waals surface area contributed by atoms with Gasteiger partial charge >= 0.3 is 0 Å². The van der Waals surface area contributed by atoms with Crippen LogP contribution in [0.3, 0.4) is 0 Å². The molecule has 0 saturated carbocycles. The van der Waals surface area contributed by atoms with Gasteiger partial charge in [-0.15, -0.1) is 0 Å². The number of carbonyl (C=O) groups excluding carboxylic acids is 1. The van der Waals surface area contributed by atoms with Crippen LogP contribution in [0.15, 0.2) is 42.5 Å². The maximum absolute atomic E-state index is 12.2. The number of benzene rings is 2. The van der Waals surface area contributed by atoms with Crippen LogP contribution in [0.2, 0.25) is 5.02 Å². The van der Waals surface area contributed by atoms with Crippen molar-refractivity contribution in [3.05, 3.63) is 53.1 Å². The molecule has 2 aromatic carbocycles. The number of hydrogen-bond acceptors (Lipinski definition) is 4. The molecule has 0 aromatic heterocycles. The summed E-state index contributed by atoms with van der Waals surface area (Å²) in [5.41, 5.74) is 2.06. The number of sulfonamides is 1. The van der Waals surface area contributed by atoms with Gasteiger partial charge in [0.1, 0.15) is 5.75 Å². The van der Waals surface area contributed by atoms with Crippen LogP contribution in [0.25, 0.3) is 0 Å². The van der Waals surface area contributed by atoms with Gasteiger partial charge in [-0.05, 0) is 43.2 Å². The van der Waals surface area contributed by atoms with Crippen LogP contribution >= 0.6 is 11.6 Å². The largest absolute Gasteiger partial charge is 0.497 e. The number of ether oxygens (including phenoxy) is 1. The second-order valence-electron chi connectivity index (χ2n) is 6.15. The quantitative estimate of drug-likeness (QED) is 0.717. The molecule has 0 unspecified atom stereocenters. The predicted molar refractivity (Wildman–Crippen MR) is 109 cm³/mol. The number of nitrogens with zero attached hydrogens (tertiary/aromatic N) is 1. The molecule has 0 atom stereocenters. The maximum atomic E-state index is 12.2. The van der Waals surface area contributed by atoms with E-state index in [2.05, 4.69) is 5.32 Å². The first kappa shape index (κ1) is 21.1. The summed E-state index contributed by atoms with van der Waals surface area (Å²) in [7, 11) is -1.96. The van der Waals surface area contributed by atoms with E-state index in [0.717, 1.165) is 11.8 Å². The highest BCUT2D eigenvalue weighted by molar-refractivity contribution is 7.92. The lowest BCUT2D eigenvalue weighted by atomic mass is 10.2. The molecule has 0 saturated heterocycles. The van der Waals surface area contributed by atoms with Gasteiger partial charge in [0, 0.05) is 29.7 Å². The fourth-order valence-electron chi connectivity index (χ4n) is 2.58. The van der Waals surface area contributed by atoms with E-state index in [1.54, 1.807) is 36.4 Å². The first-order valence-electron chi connectivity index (χ1n) is 8.38. The van der Waals surface area contributed by atoms with E-state index in [0.29, 0.717) is 28.6 Å². The van der Waals surface area contributed by atoms with E-state index in [9.17, 15) is 13.2 Å². The van der Waals surface area contributed by atoms with Gasteiger partial charge in [-0.1, -0.05) is 23.7 Å². The minimum atomic E-state index is -3.48. The summed E-state index contributed by atoms with van der Waals surface area (Å²) in [4.78, 5) is 12.2. The van der Waals surface area contributed by atoms with E-state index >= 15 is 0 Å². The molecule has 146 valence electrons. The monoisotopic (exact) mass is 410 g/mol. The Labute approximate surface area is 165 Å². The van der Waals surface area contributed by atoms with Gasteiger partial charge in [0.15, 0.2) is 0 Å². The Kier molecular flexibility index (Phi) is 7.10. The van der Waals surface area contributed by atoms with Gasteiger partial charge in [-0.25, -0.2) is 8.42 Å². The number of nitrogens with one attached hydrogen (secondary N) is 1. The van der Waals surface area contributed by atoms with Crippen LogP contribution in [0.1, 0.15) is 18.4 Å². The highest BCUT2D eigenvalue weighted by Gasteiger charge is 2.18. The molecule has 0 aliphatic carbocycles. The molecule has 0 heterocycles. The summed E-state index contributed by atoms with van der Waals surface area (Å²) in [6.07, 6.45) is 1.69. The number of rotatable bonds is 8. The smallest absolute Gasteiger partial charge is 0.232 e. The van der Waals surface area contributed by atoms with Crippen LogP contribution in [0, 0.1) is 6.92 Å². The molecular weight excluding hydrogens is 388 g/mol. The van der Waals surface area contributed by atoms with Gasteiger partial charge in [0.25, 0.3) is 0 Å². The molecule has 0 bridgehead atoms. The Bertz CT molecular complexity index is 916. The molecule has 0 fully saturated rings. The fraction of sp³-hybridized carbons (Fsp3) is 0.316. The summed E-state index contributed by atoms with van der Waals surface area (Å²) in [6.45, 7) is 2.06. The molecule has 2 rings (SSSR count). The Morgan fingerprint density at radius 2 is 1.96 bits per heavy atom. The predicted octanol–water partition coefficient (Wildman–Crippen LogP) is 3.84. The summed E-state index contributed by atoms with van der Waals surface area (Å²) in [6, 6.07) is 12.1. The van der Waals surface area contributed by atoms with Gasteiger partial charge in [-0.3, -0.25) is 9.10 Å². The topological polar surface area (TPSA) is 75.7 Å². The van der Waals surface area contributed by atoms with Crippen molar-refractivity contribution in [2.45, 2.75) is 19.8 Å². The number of anilines is 2. The van der Waals surface area contributed by atoms with E-state index in [-0.39, 0.29) is 18.9 Å². The number of halogens is 1. The number of aryl methyl sites for hydroxylation is 1. The van der Waals surface area contributed by atoms with E-state index < -0.39 is 10.0 Å². The van der Waals surface area contributed by atoms with Gasteiger partial charge in [0.05, 0.1) is 19.1 Å². The Hall–Kier alpha value is -2.25. The second-order valence-corrected chi connectivity index (χ2v) is 8.49. The zero-order chi connectivity index (χ0) is 20.0.